The fraction of sp³-hybridized carbons (Fsp3) is 0.156. The zero-order valence-corrected chi connectivity index (χ0v) is 38.9. The highest BCUT2D eigenvalue weighted by Crippen LogP contribution is 2.64. The number of fused-ring (bicyclic) bond motifs is 13. The molecule has 14 rings (SSSR count). The molecule has 68 heavy (non-hydrogen) atoms. The van der Waals surface area contributed by atoms with E-state index in [0.717, 1.165) is 47.8 Å². The van der Waals surface area contributed by atoms with Crippen LogP contribution in [0.1, 0.15) is 53.3 Å². The number of ether oxygens (including phenoxy) is 1. The quantitative estimate of drug-likeness (QED) is 0.159. The summed E-state index contributed by atoms with van der Waals surface area (Å²) in [6.07, 6.45) is 21.1. The molecule has 328 valence electrons. The Balaban J connectivity index is 1.01. The minimum atomic E-state index is -0.447. The van der Waals surface area contributed by atoms with Gasteiger partial charge in [0.2, 0.25) is 0 Å². The number of allylic oxidation sites excluding steroid dienone is 8. The standard InChI is InChI=1S/C64H50N2OS/c1-41-27-30-47(31-28-41)66(49-32-34-59-57(40-49)64(56-25-12-13-26-58(56)67-59)54-23-10-8-21-51(54)52-22-9-11-24-55(52)64)63-50(33-36-61-62(63)53-39-44-37-42(44)29-35-60(53)68-61)43-15-14-20-48(38-43)65(45-16-4-2-5-17-45)46-18-6-3-7-19-46/h2-27,29-36,38,41-42,44,57H,28,37,39-40H2,1H3. The first-order valence-electron chi connectivity index (χ1n) is 24.4. The first-order chi connectivity index (χ1) is 33.6. The molecule has 1 fully saturated rings. The third kappa shape index (κ3) is 6.10. The summed E-state index contributed by atoms with van der Waals surface area (Å²) in [6.45, 7) is 2.33. The summed E-state index contributed by atoms with van der Waals surface area (Å²) in [7, 11) is 0. The SMILES string of the molecule is CC1C=CC(N(C2=CC=C3Oc4ccccc4C4(c5ccccc5-c5ccccc54)C3C2)c2c(-c3cccc(N(c4ccccc4)c4ccccc4)c3)ccc3sc4c(c23)CC2CC2C=C4)=CC1. The number of hydrogen-bond donors (Lipinski definition) is 0. The summed E-state index contributed by atoms with van der Waals surface area (Å²) < 4.78 is 8.42. The average Bonchev–Trinajstić information content (AvgIpc) is 4.01. The van der Waals surface area contributed by atoms with Crippen molar-refractivity contribution in [2.24, 2.45) is 23.7 Å². The topological polar surface area (TPSA) is 15.7 Å². The molecule has 0 bridgehead atoms. The molecule has 1 aliphatic heterocycles. The lowest BCUT2D eigenvalue weighted by molar-refractivity contribution is 0.249. The predicted octanol–water partition coefficient (Wildman–Crippen LogP) is 16.7. The Bertz CT molecular complexity index is 3410. The molecule has 7 aromatic carbocycles. The lowest BCUT2D eigenvalue weighted by Gasteiger charge is -2.47. The highest BCUT2D eigenvalue weighted by Gasteiger charge is 2.56. The molecule has 4 unspecified atom stereocenters. The van der Waals surface area contributed by atoms with Crippen molar-refractivity contribution < 1.29 is 4.74 Å². The van der Waals surface area contributed by atoms with Gasteiger partial charge in [0.25, 0.3) is 0 Å². The minimum absolute atomic E-state index is 0.00261. The fourth-order valence-corrected chi connectivity index (χ4v) is 13.6. The molecule has 8 aromatic rings. The highest BCUT2D eigenvalue weighted by atomic mass is 32.1. The van der Waals surface area contributed by atoms with E-state index in [1.807, 2.05) is 11.3 Å². The number of hydrogen-bond acceptors (Lipinski definition) is 4. The molecule has 1 saturated carbocycles. The van der Waals surface area contributed by atoms with E-state index in [1.165, 1.54) is 83.0 Å². The summed E-state index contributed by atoms with van der Waals surface area (Å²) in [5.41, 5.74) is 17.3. The Morgan fingerprint density at radius 3 is 2.03 bits per heavy atom. The van der Waals surface area contributed by atoms with Crippen molar-refractivity contribution in [2.45, 2.75) is 38.0 Å². The Kier molecular flexibility index (Phi) is 9.11. The van der Waals surface area contributed by atoms with Crippen LogP contribution < -0.4 is 14.5 Å². The van der Waals surface area contributed by atoms with Crippen LogP contribution in [0.5, 0.6) is 5.75 Å². The van der Waals surface area contributed by atoms with Gasteiger partial charge in [0.15, 0.2) is 0 Å². The van der Waals surface area contributed by atoms with E-state index in [4.69, 9.17) is 4.74 Å². The molecule has 2 heterocycles. The summed E-state index contributed by atoms with van der Waals surface area (Å²) in [5, 5.41) is 1.40. The molecule has 0 amide bonds. The van der Waals surface area contributed by atoms with Crippen LogP contribution in [0.3, 0.4) is 0 Å². The van der Waals surface area contributed by atoms with Gasteiger partial charge < -0.3 is 14.5 Å². The van der Waals surface area contributed by atoms with Gasteiger partial charge in [-0.15, -0.1) is 11.3 Å². The van der Waals surface area contributed by atoms with Crippen LogP contribution in [-0.4, -0.2) is 0 Å². The van der Waals surface area contributed by atoms with Crippen LogP contribution in [0, 0.1) is 23.7 Å². The number of anilines is 4. The number of nitrogens with zero attached hydrogens (tertiary/aromatic N) is 2. The minimum Gasteiger partial charge on any atom is -0.461 e. The Labute approximate surface area is 403 Å². The maximum atomic E-state index is 7.07. The monoisotopic (exact) mass is 894 g/mol. The van der Waals surface area contributed by atoms with E-state index >= 15 is 0 Å². The van der Waals surface area contributed by atoms with E-state index in [2.05, 4.69) is 229 Å². The molecule has 1 spiro atoms. The van der Waals surface area contributed by atoms with E-state index in [-0.39, 0.29) is 5.92 Å². The second kappa shape index (κ2) is 15.6. The predicted molar refractivity (Wildman–Crippen MR) is 283 cm³/mol. The normalized spacial score (nSPS) is 20.9. The molecule has 0 saturated heterocycles. The van der Waals surface area contributed by atoms with Crippen molar-refractivity contribution in [3.05, 3.63) is 251 Å². The van der Waals surface area contributed by atoms with Crippen LogP contribution in [0.2, 0.25) is 0 Å². The van der Waals surface area contributed by atoms with Crippen molar-refractivity contribution in [1.82, 2.24) is 0 Å². The first kappa shape index (κ1) is 39.7. The van der Waals surface area contributed by atoms with Gasteiger partial charge in [-0.1, -0.05) is 146 Å². The van der Waals surface area contributed by atoms with Gasteiger partial charge in [-0.05, 0) is 150 Å². The van der Waals surface area contributed by atoms with Gasteiger partial charge in [-0.2, -0.15) is 0 Å². The van der Waals surface area contributed by atoms with E-state index in [1.54, 1.807) is 0 Å². The smallest absolute Gasteiger partial charge is 0.131 e. The van der Waals surface area contributed by atoms with Gasteiger partial charge in [0.05, 0.1) is 11.1 Å². The van der Waals surface area contributed by atoms with Crippen LogP contribution >= 0.6 is 11.3 Å². The van der Waals surface area contributed by atoms with Crippen LogP contribution in [-0.2, 0) is 11.8 Å². The lowest BCUT2D eigenvalue weighted by Crippen LogP contribution is -2.44. The summed E-state index contributed by atoms with van der Waals surface area (Å²) >= 11 is 1.97. The van der Waals surface area contributed by atoms with Gasteiger partial charge in [0.1, 0.15) is 11.5 Å². The Morgan fingerprint density at radius 1 is 0.603 bits per heavy atom. The third-order valence-electron chi connectivity index (χ3n) is 15.7. The Morgan fingerprint density at radius 2 is 1.29 bits per heavy atom. The molecule has 4 atom stereocenters. The molecule has 3 nitrogen and oxygen atoms in total. The zero-order valence-electron chi connectivity index (χ0n) is 38.1. The van der Waals surface area contributed by atoms with Gasteiger partial charge in [-0.25, -0.2) is 0 Å². The molecule has 6 aliphatic rings. The van der Waals surface area contributed by atoms with E-state index in [0.29, 0.717) is 17.8 Å². The largest absolute Gasteiger partial charge is 0.461 e. The molecular formula is C64H50N2OS. The maximum Gasteiger partial charge on any atom is 0.131 e. The van der Waals surface area contributed by atoms with Crippen LogP contribution in [0.25, 0.3) is 38.4 Å². The lowest BCUT2D eigenvalue weighted by atomic mass is 9.60. The van der Waals surface area contributed by atoms with Crippen molar-refractivity contribution in [3.8, 4) is 28.0 Å². The summed E-state index contributed by atoms with van der Waals surface area (Å²) in [6, 6.07) is 62.8. The molecule has 0 radical (unpaired) electrons. The third-order valence-corrected chi connectivity index (χ3v) is 16.8. The molecular weight excluding hydrogens is 845 g/mol. The number of rotatable bonds is 7. The molecule has 4 heteroatoms. The van der Waals surface area contributed by atoms with Gasteiger partial charge >= 0.3 is 0 Å². The van der Waals surface area contributed by atoms with Gasteiger partial charge in [-0.3, -0.25) is 0 Å². The van der Waals surface area contributed by atoms with E-state index < -0.39 is 5.41 Å². The summed E-state index contributed by atoms with van der Waals surface area (Å²) in [5.74, 6) is 3.82. The van der Waals surface area contributed by atoms with Crippen molar-refractivity contribution in [3.63, 3.8) is 0 Å². The van der Waals surface area contributed by atoms with Crippen molar-refractivity contribution in [2.75, 3.05) is 9.80 Å². The molecule has 5 aliphatic carbocycles. The van der Waals surface area contributed by atoms with Crippen LogP contribution in [0.15, 0.2) is 223 Å². The number of para-hydroxylation sites is 3. The molecule has 0 N–H and O–H groups in total. The fourth-order valence-electron chi connectivity index (χ4n) is 12.4. The van der Waals surface area contributed by atoms with Crippen molar-refractivity contribution in [1.29, 1.82) is 0 Å². The first-order valence-corrected chi connectivity index (χ1v) is 25.3. The average molecular weight is 895 g/mol. The second-order valence-electron chi connectivity index (χ2n) is 19.6. The van der Waals surface area contributed by atoms with Crippen molar-refractivity contribution >= 4 is 50.2 Å². The second-order valence-corrected chi connectivity index (χ2v) is 20.7. The van der Waals surface area contributed by atoms with E-state index in [9.17, 15) is 0 Å². The Hall–Kier alpha value is -7.40. The summed E-state index contributed by atoms with van der Waals surface area (Å²) in [4.78, 5) is 6.49. The maximum absolute atomic E-state index is 7.07. The zero-order chi connectivity index (χ0) is 44.9. The number of benzene rings is 7. The molecule has 1 aromatic heterocycles. The van der Waals surface area contributed by atoms with Crippen LogP contribution in [0.4, 0.5) is 22.7 Å². The van der Waals surface area contributed by atoms with Gasteiger partial charge in [0, 0.05) is 60.5 Å². The number of thiophene rings is 1. The highest BCUT2D eigenvalue weighted by molar-refractivity contribution is 7.20.